The molecule has 11 rings (SSSR count). The van der Waals surface area contributed by atoms with Gasteiger partial charge in [0.2, 0.25) is 0 Å². The Morgan fingerprint density at radius 2 is 0.904 bits per heavy atom. The number of hydrogen-bond acceptors (Lipinski definition) is 3. The van der Waals surface area contributed by atoms with Gasteiger partial charge < -0.3 is 13.3 Å². The van der Waals surface area contributed by atoms with Crippen molar-refractivity contribution >= 4 is 82.5 Å². The average Bonchev–Trinajstić information content (AvgIpc) is 3.87. The first-order valence-corrected chi connectivity index (χ1v) is 17.6. The lowest BCUT2D eigenvalue weighted by molar-refractivity contribution is 0.606. The van der Waals surface area contributed by atoms with Gasteiger partial charge in [0, 0.05) is 38.1 Å². The SMILES string of the molecule is C=Cc1oc2cc(-c3c4ccccc4c(-c4ccc5oc6ccccc6c5c4)c4ccccc34)ccc2c1-c1c(C)ccc2oc3ccccc3c12. The maximum Gasteiger partial charge on any atom is 0.136 e. The molecule has 0 atom stereocenters. The summed E-state index contributed by atoms with van der Waals surface area (Å²) in [5.74, 6) is 0.750. The molecule has 0 spiro atoms. The molecule has 3 nitrogen and oxygen atoms in total. The molecule has 0 bridgehead atoms. The zero-order chi connectivity index (χ0) is 34.5. The minimum atomic E-state index is 0.750. The third kappa shape index (κ3) is 4.02. The van der Waals surface area contributed by atoms with Gasteiger partial charge >= 0.3 is 0 Å². The third-order valence-electron chi connectivity index (χ3n) is 10.8. The lowest BCUT2D eigenvalue weighted by Crippen LogP contribution is -1.91. The van der Waals surface area contributed by atoms with Crippen molar-refractivity contribution in [1.29, 1.82) is 0 Å². The third-order valence-corrected chi connectivity index (χ3v) is 10.8. The molecule has 11 aromatic rings. The first-order chi connectivity index (χ1) is 25.7. The molecule has 0 aliphatic heterocycles. The Labute approximate surface area is 298 Å². The van der Waals surface area contributed by atoms with E-state index in [1.165, 1.54) is 32.7 Å². The number of hydrogen-bond donors (Lipinski definition) is 0. The molecule has 3 aromatic heterocycles. The van der Waals surface area contributed by atoms with E-state index in [1.54, 1.807) is 0 Å². The van der Waals surface area contributed by atoms with Crippen molar-refractivity contribution in [2.75, 3.05) is 0 Å². The smallest absolute Gasteiger partial charge is 0.136 e. The van der Waals surface area contributed by atoms with Crippen LogP contribution in [-0.4, -0.2) is 0 Å². The topological polar surface area (TPSA) is 39.4 Å². The zero-order valence-corrected chi connectivity index (χ0v) is 28.4. The molecule has 3 heteroatoms. The van der Waals surface area contributed by atoms with Crippen LogP contribution in [0, 0.1) is 6.92 Å². The molecule has 0 aliphatic carbocycles. The van der Waals surface area contributed by atoms with Crippen LogP contribution in [0.15, 0.2) is 165 Å². The summed E-state index contributed by atoms with van der Waals surface area (Å²) in [7, 11) is 0. The van der Waals surface area contributed by atoms with Crippen molar-refractivity contribution in [3.8, 4) is 33.4 Å². The largest absolute Gasteiger partial charge is 0.456 e. The molecule has 8 aromatic carbocycles. The van der Waals surface area contributed by atoms with Crippen LogP contribution in [0.2, 0.25) is 0 Å². The second-order valence-electron chi connectivity index (χ2n) is 13.6. The van der Waals surface area contributed by atoms with E-state index in [0.29, 0.717) is 0 Å². The lowest BCUT2D eigenvalue weighted by Gasteiger charge is -2.18. The molecule has 244 valence electrons. The van der Waals surface area contributed by atoms with E-state index < -0.39 is 0 Å². The molecule has 0 saturated carbocycles. The Balaban J connectivity index is 1.16. The maximum absolute atomic E-state index is 6.69. The molecule has 0 unspecified atom stereocenters. The van der Waals surface area contributed by atoms with Crippen LogP contribution < -0.4 is 0 Å². The Morgan fingerprint density at radius 1 is 0.385 bits per heavy atom. The zero-order valence-electron chi connectivity index (χ0n) is 28.4. The monoisotopic (exact) mass is 666 g/mol. The van der Waals surface area contributed by atoms with Gasteiger partial charge in [0.05, 0.1) is 0 Å². The second-order valence-corrected chi connectivity index (χ2v) is 13.6. The summed E-state index contributed by atoms with van der Waals surface area (Å²) in [5.41, 5.74) is 12.3. The van der Waals surface area contributed by atoms with Crippen molar-refractivity contribution in [3.63, 3.8) is 0 Å². The molecule has 0 N–H and O–H groups in total. The molecule has 0 amide bonds. The van der Waals surface area contributed by atoms with Gasteiger partial charge in [-0.2, -0.15) is 0 Å². The Bertz CT molecular complexity index is 3220. The van der Waals surface area contributed by atoms with E-state index in [2.05, 4.69) is 135 Å². The van der Waals surface area contributed by atoms with Crippen molar-refractivity contribution in [2.24, 2.45) is 0 Å². The van der Waals surface area contributed by atoms with Gasteiger partial charge in [-0.15, -0.1) is 0 Å². The van der Waals surface area contributed by atoms with Crippen LogP contribution in [0.1, 0.15) is 11.3 Å². The summed E-state index contributed by atoms with van der Waals surface area (Å²) in [6.07, 6.45) is 1.83. The second kappa shape index (κ2) is 10.8. The van der Waals surface area contributed by atoms with E-state index in [-0.39, 0.29) is 0 Å². The molecular formula is C49H30O3. The summed E-state index contributed by atoms with van der Waals surface area (Å²) in [4.78, 5) is 0. The van der Waals surface area contributed by atoms with E-state index >= 15 is 0 Å². The van der Waals surface area contributed by atoms with Crippen LogP contribution >= 0.6 is 0 Å². The highest BCUT2D eigenvalue weighted by Crippen LogP contribution is 2.48. The Morgan fingerprint density at radius 3 is 1.58 bits per heavy atom. The molecule has 52 heavy (non-hydrogen) atoms. The van der Waals surface area contributed by atoms with Gasteiger partial charge in [0.25, 0.3) is 0 Å². The Hall–Kier alpha value is -6.84. The van der Waals surface area contributed by atoms with Crippen molar-refractivity contribution in [2.45, 2.75) is 6.92 Å². The van der Waals surface area contributed by atoms with Gasteiger partial charge in [-0.05, 0) is 105 Å². The quantitative estimate of drug-likeness (QED) is 0.176. The van der Waals surface area contributed by atoms with Crippen LogP contribution in [0.5, 0.6) is 0 Å². The summed E-state index contributed by atoms with van der Waals surface area (Å²) in [6, 6.07) is 51.5. The summed E-state index contributed by atoms with van der Waals surface area (Å²) in [5, 5.41) is 10.3. The van der Waals surface area contributed by atoms with Crippen LogP contribution in [0.4, 0.5) is 0 Å². The molecule has 0 aliphatic rings. The van der Waals surface area contributed by atoms with E-state index in [9.17, 15) is 0 Å². The summed E-state index contributed by atoms with van der Waals surface area (Å²) in [6.45, 7) is 6.34. The van der Waals surface area contributed by atoms with E-state index in [0.717, 1.165) is 88.4 Å². The van der Waals surface area contributed by atoms with Gasteiger partial charge in [0.15, 0.2) is 0 Å². The maximum atomic E-state index is 6.69. The van der Waals surface area contributed by atoms with Crippen molar-refractivity contribution in [3.05, 3.63) is 163 Å². The highest BCUT2D eigenvalue weighted by Gasteiger charge is 2.23. The molecule has 0 saturated heterocycles. The average molecular weight is 667 g/mol. The first kappa shape index (κ1) is 28.9. The van der Waals surface area contributed by atoms with E-state index in [1.807, 2.05) is 30.3 Å². The molecule has 3 heterocycles. The number of benzene rings is 8. The summed E-state index contributed by atoms with van der Waals surface area (Å²) >= 11 is 0. The molecule has 0 radical (unpaired) electrons. The highest BCUT2D eigenvalue weighted by molar-refractivity contribution is 6.23. The predicted molar refractivity (Wildman–Crippen MR) is 217 cm³/mol. The van der Waals surface area contributed by atoms with E-state index in [4.69, 9.17) is 13.3 Å². The fraction of sp³-hybridized carbons (Fsp3) is 0.0204. The first-order valence-electron chi connectivity index (χ1n) is 17.6. The van der Waals surface area contributed by atoms with Crippen LogP contribution in [0.3, 0.4) is 0 Å². The lowest BCUT2D eigenvalue weighted by atomic mass is 9.85. The standard InChI is InChI=1S/C49H30O3/c1-3-39-48(45-28(2)20-24-43-49(45)36-17-9-11-19-41(36)52-43)37-23-21-30(27-44(37)50-39)47-34-15-6-4-13-32(34)46(33-14-5-7-16-35(33)47)29-22-25-42-38(26-29)31-12-8-10-18-40(31)51-42/h3-27H,1H2,2H3. The normalized spacial score (nSPS) is 12.0. The van der Waals surface area contributed by atoms with Gasteiger partial charge in [-0.1, -0.05) is 110 Å². The number of furan rings is 3. The number of para-hydroxylation sites is 2. The summed E-state index contributed by atoms with van der Waals surface area (Å²) < 4.78 is 19.2. The minimum absolute atomic E-state index is 0.750. The van der Waals surface area contributed by atoms with Gasteiger partial charge in [-0.3, -0.25) is 0 Å². The van der Waals surface area contributed by atoms with Gasteiger partial charge in [0.1, 0.15) is 33.7 Å². The molecule has 0 fully saturated rings. The number of rotatable bonds is 4. The fourth-order valence-corrected chi connectivity index (χ4v) is 8.55. The van der Waals surface area contributed by atoms with Crippen molar-refractivity contribution < 1.29 is 13.3 Å². The fourth-order valence-electron chi connectivity index (χ4n) is 8.55. The highest BCUT2D eigenvalue weighted by atomic mass is 16.3. The predicted octanol–water partition coefficient (Wildman–Crippen LogP) is 14.5. The minimum Gasteiger partial charge on any atom is -0.456 e. The number of fused-ring (bicyclic) bond motifs is 9. The Kier molecular flexibility index (Phi) is 6.03. The van der Waals surface area contributed by atoms with Crippen LogP contribution in [-0.2, 0) is 0 Å². The van der Waals surface area contributed by atoms with Crippen LogP contribution in [0.25, 0.3) is 116 Å². The van der Waals surface area contributed by atoms with Gasteiger partial charge in [-0.25, -0.2) is 0 Å². The number of aryl methyl sites for hydroxylation is 1. The van der Waals surface area contributed by atoms with Crippen molar-refractivity contribution in [1.82, 2.24) is 0 Å². The molecular weight excluding hydrogens is 637 g/mol.